The van der Waals surface area contributed by atoms with Gasteiger partial charge in [0.2, 0.25) is 0 Å². The molecule has 2 heterocycles. The van der Waals surface area contributed by atoms with Gasteiger partial charge in [0.15, 0.2) is 0 Å². The number of hydrogen-bond donors (Lipinski definition) is 0. The minimum absolute atomic E-state index is 1.17. The van der Waals surface area contributed by atoms with Gasteiger partial charge in [-0.2, -0.15) is 0 Å². The van der Waals surface area contributed by atoms with Crippen LogP contribution in [0.25, 0.3) is 88.0 Å². The molecule has 0 atom stereocenters. The number of rotatable bonds is 4. The lowest BCUT2D eigenvalue weighted by atomic mass is 9.97. The van der Waals surface area contributed by atoms with Crippen LogP contribution in [0.2, 0.25) is 0 Å². The molecule has 0 radical (unpaired) electrons. The van der Waals surface area contributed by atoms with Crippen molar-refractivity contribution in [3.63, 3.8) is 0 Å². The van der Waals surface area contributed by atoms with E-state index in [1.165, 1.54) is 88.0 Å². The summed E-state index contributed by atoms with van der Waals surface area (Å²) in [6, 6.07) is 66.2. The third-order valence-electron chi connectivity index (χ3n) is 9.92. The molecular weight excluding hydrogens is 581 g/mol. The van der Waals surface area contributed by atoms with Gasteiger partial charge in [-0.3, -0.25) is 0 Å². The molecule has 0 saturated carbocycles. The van der Waals surface area contributed by atoms with Crippen LogP contribution in [-0.2, 0) is 0 Å². The van der Waals surface area contributed by atoms with E-state index in [4.69, 9.17) is 0 Å². The molecule has 8 aromatic carbocycles. The van der Waals surface area contributed by atoms with Crippen LogP contribution >= 0.6 is 0 Å². The van der Waals surface area contributed by atoms with Gasteiger partial charge >= 0.3 is 0 Å². The first-order valence-electron chi connectivity index (χ1n) is 16.5. The zero-order chi connectivity index (χ0) is 31.6. The van der Waals surface area contributed by atoms with E-state index in [0.717, 1.165) is 0 Å². The van der Waals surface area contributed by atoms with E-state index in [1.807, 2.05) is 0 Å². The Labute approximate surface area is 278 Å². The molecule has 0 spiro atoms. The van der Waals surface area contributed by atoms with Crippen LogP contribution in [0.1, 0.15) is 0 Å². The van der Waals surface area contributed by atoms with E-state index in [9.17, 15) is 0 Å². The highest BCUT2D eigenvalue weighted by atomic mass is 15.0. The van der Waals surface area contributed by atoms with Crippen molar-refractivity contribution in [3.8, 4) is 33.6 Å². The van der Waals surface area contributed by atoms with E-state index >= 15 is 0 Å². The number of fused-ring (bicyclic) bond motifs is 7. The molecule has 0 unspecified atom stereocenters. The molecule has 0 saturated heterocycles. The van der Waals surface area contributed by atoms with Gasteiger partial charge in [0.1, 0.15) is 0 Å². The van der Waals surface area contributed by atoms with E-state index in [2.05, 4.69) is 191 Å². The number of para-hydroxylation sites is 4. The van der Waals surface area contributed by atoms with Crippen molar-refractivity contribution >= 4 is 54.4 Å². The monoisotopic (exact) mass is 610 g/mol. The van der Waals surface area contributed by atoms with Crippen molar-refractivity contribution in [2.24, 2.45) is 0 Å². The summed E-state index contributed by atoms with van der Waals surface area (Å²) in [6.07, 6.45) is 0. The van der Waals surface area contributed by atoms with Gasteiger partial charge in [-0.1, -0.05) is 121 Å². The number of benzene rings is 8. The average Bonchev–Trinajstić information content (AvgIpc) is 3.68. The maximum Gasteiger partial charge on any atom is 0.0541 e. The Balaban J connectivity index is 0.963. The van der Waals surface area contributed by atoms with Gasteiger partial charge in [-0.15, -0.1) is 0 Å². The fourth-order valence-corrected chi connectivity index (χ4v) is 7.61. The maximum absolute atomic E-state index is 2.37. The molecule has 0 aliphatic heterocycles. The maximum atomic E-state index is 2.37. The fraction of sp³-hybridized carbons (Fsp3) is 0. The van der Waals surface area contributed by atoms with Crippen LogP contribution in [0, 0.1) is 0 Å². The molecule has 2 heteroatoms. The summed E-state index contributed by atoms with van der Waals surface area (Å²) in [6.45, 7) is 0. The molecule has 2 nitrogen and oxygen atoms in total. The molecule has 10 rings (SSSR count). The van der Waals surface area contributed by atoms with E-state index in [-0.39, 0.29) is 0 Å². The molecule has 10 aromatic rings. The smallest absolute Gasteiger partial charge is 0.0541 e. The van der Waals surface area contributed by atoms with Crippen molar-refractivity contribution in [2.75, 3.05) is 0 Å². The first-order valence-corrected chi connectivity index (χ1v) is 16.5. The third kappa shape index (κ3) is 4.13. The molecule has 0 bridgehead atoms. The van der Waals surface area contributed by atoms with Gasteiger partial charge in [0.05, 0.1) is 22.1 Å². The van der Waals surface area contributed by atoms with Crippen molar-refractivity contribution in [1.82, 2.24) is 9.13 Å². The second-order valence-electron chi connectivity index (χ2n) is 12.6. The van der Waals surface area contributed by atoms with Crippen molar-refractivity contribution < 1.29 is 0 Å². The van der Waals surface area contributed by atoms with Crippen LogP contribution < -0.4 is 0 Å². The molecule has 2 aromatic heterocycles. The van der Waals surface area contributed by atoms with Crippen LogP contribution in [0.3, 0.4) is 0 Å². The van der Waals surface area contributed by atoms with Crippen LogP contribution in [0.4, 0.5) is 0 Å². The Morgan fingerprint density at radius 3 is 0.875 bits per heavy atom. The number of nitrogens with zero attached hydrogens (tertiary/aromatic N) is 2. The molecule has 0 aliphatic rings. The Hall–Kier alpha value is -6.38. The summed E-state index contributed by atoms with van der Waals surface area (Å²) in [5.41, 5.74) is 12.1. The fourth-order valence-electron chi connectivity index (χ4n) is 7.61. The quantitative estimate of drug-likeness (QED) is 0.188. The summed E-state index contributed by atoms with van der Waals surface area (Å²) in [5, 5.41) is 7.61. The topological polar surface area (TPSA) is 9.86 Å². The van der Waals surface area contributed by atoms with Crippen LogP contribution in [-0.4, -0.2) is 9.13 Å². The van der Waals surface area contributed by atoms with Gasteiger partial charge in [-0.25, -0.2) is 0 Å². The van der Waals surface area contributed by atoms with Crippen molar-refractivity contribution in [3.05, 3.63) is 182 Å². The SMILES string of the molecule is c1ccc2c(c1)c1ccccc1n2-c1ccc(-c2ccc3cc(-c4ccc(-n5c6ccccc6c6ccccc65)cc4)ccc3c2)cc1. The third-order valence-corrected chi connectivity index (χ3v) is 9.92. The molecule has 0 aliphatic carbocycles. The normalized spacial score (nSPS) is 11.8. The Morgan fingerprint density at radius 1 is 0.250 bits per heavy atom. The summed E-state index contributed by atoms with van der Waals surface area (Å²) in [5.74, 6) is 0. The minimum atomic E-state index is 1.17. The lowest BCUT2D eigenvalue weighted by Crippen LogP contribution is -1.93. The predicted molar refractivity (Wildman–Crippen MR) is 203 cm³/mol. The van der Waals surface area contributed by atoms with Crippen LogP contribution in [0.5, 0.6) is 0 Å². The van der Waals surface area contributed by atoms with Crippen LogP contribution in [0.15, 0.2) is 182 Å². The Morgan fingerprint density at radius 2 is 0.542 bits per heavy atom. The highest BCUT2D eigenvalue weighted by Crippen LogP contribution is 2.35. The first-order chi connectivity index (χ1) is 23.8. The molecular formula is C46H30N2. The molecule has 0 fully saturated rings. The molecule has 0 amide bonds. The van der Waals surface area contributed by atoms with Gasteiger partial charge in [-0.05, 0) is 93.7 Å². The highest BCUT2D eigenvalue weighted by Gasteiger charge is 2.13. The lowest BCUT2D eigenvalue weighted by molar-refractivity contribution is 1.18. The van der Waals surface area contributed by atoms with Gasteiger partial charge in [0, 0.05) is 32.9 Å². The lowest BCUT2D eigenvalue weighted by Gasteiger charge is -2.11. The number of aromatic nitrogens is 2. The summed E-state index contributed by atoms with van der Waals surface area (Å²) in [7, 11) is 0. The Kier molecular flexibility index (Phi) is 5.91. The van der Waals surface area contributed by atoms with E-state index in [1.54, 1.807) is 0 Å². The Bertz CT molecular complexity index is 2510. The largest absolute Gasteiger partial charge is 0.309 e. The second kappa shape index (κ2) is 10.6. The zero-order valence-electron chi connectivity index (χ0n) is 26.2. The zero-order valence-corrected chi connectivity index (χ0v) is 26.2. The summed E-state index contributed by atoms with van der Waals surface area (Å²) < 4.78 is 4.73. The average molecular weight is 611 g/mol. The highest BCUT2D eigenvalue weighted by molar-refractivity contribution is 6.10. The van der Waals surface area contributed by atoms with Crippen molar-refractivity contribution in [2.45, 2.75) is 0 Å². The molecule has 224 valence electrons. The first kappa shape index (κ1) is 26.8. The predicted octanol–water partition coefficient (Wildman–Crippen LogP) is 12.4. The van der Waals surface area contributed by atoms with Crippen molar-refractivity contribution in [1.29, 1.82) is 0 Å². The summed E-state index contributed by atoms with van der Waals surface area (Å²) >= 11 is 0. The molecule has 48 heavy (non-hydrogen) atoms. The van der Waals surface area contributed by atoms with E-state index in [0.29, 0.717) is 0 Å². The van der Waals surface area contributed by atoms with Gasteiger partial charge in [0.25, 0.3) is 0 Å². The minimum Gasteiger partial charge on any atom is -0.309 e. The molecule has 0 N–H and O–H groups in total. The number of hydrogen-bond acceptors (Lipinski definition) is 0. The standard InChI is InChI=1S/C46H30N2/c1-5-13-43-39(9-1)40-10-2-6-14-44(40)47(43)37-25-21-31(22-26-37)33-17-19-36-30-34(18-20-35(36)29-33)32-23-27-38(28-24-32)48-45-15-7-3-11-41(45)42-12-4-8-16-46(42)48/h1-30H. The second-order valence-corrected chi connectivity index (χ2v) is 12.6. The van der Waals surface area contributed by atoms with E-state index < -0.39 is 0 Å². The van der Waals surface area contributed by atoms with Gasteiger partial charge < -0.3 is 9.13 Å². The summed E-state index contributed by atoms with van der Waals surface area (Å²) in [4.78, 5) is 0.